The number of carbonyl (C=O) groups is 3. The van der Waals surface area contributed by atoms with E-state index in [9.17, 15) is 14.4 Å². The molecule has 0 fully saturated rings. The minimum atomic E-state index is -1.18. The quantitative estimate of drug-likeness (QED) is 0.721. The van der Waals surface area contributed by atoms with Crippen molar-refractivity contribution < 1.29 is 24.2 Å². The van der Waals surface area contributed by atoms with Crippen LogP contribution in [0.15, 0.2) is 28.7 Å². The zero-order valence-electron chi connectivity index (χ0n) is 11.5. The number of aliphatic carboxylic acids is 1. The lowest BCUT2D eigenvalue weighted by molar-refractivity contribution is -0.144. The normalized spacial score (nSPS) is 11.5. The summed E-state index contributed by atoms with van der Waals surface area (Å²) in [6.07, 6.45) is 0.00932. The van der Waals surface area contributed by atoms with Gasteiger partial charge in [0.1, 0.15) is 6.04 Å². The summed E-state index contributed by atoms with van der Waals surface area (Å²) >= 11 is 3.29. The van der Waals surface area contributed by atoms with Gasteiger partial charge in [0.05, 0.1) is 13.5 Å². The van der Waals surface area contributed by atoms with E-state index in [1.165, 1.54) is 7.11 Å². The van der Waals surface area contributed by atoms with E-state index in [0.717, 1.165) is 10.0 Å². The van der Waals surface area contributed by atoms with Gasteiger partial charge in [-0.05, 0) is 24.1 Å². The molecule has 114 valence electrons. The van der Waals surface area contributed by atoms with Gasteiger partial charge in [-0.15, -0.1) is 0 Å². The summed E-state index contributed by atoms with van der Waals surface area (Å²) in [6.45, 7) is 0. The molecular weight excluding hydrogens is 342 g/mol. The maximum atomic E-state index is 11.8. The van der Waals surface area contributed by atoms with E-state index in [1.807, 2.05) is 0 Å². The Kier molecular flexibility index (Phi) is 6.87. The second-order valence-corrected chi connectivity index (χ2v) is 5.29. The van der Waals surface area contributed by atoms with Crippen LogP contribution in [0.25, 0.3) is 0 Å². The Hall–Kier alpha value is -1.89. The molecule has 21 heavy (non-hydrogen) atoms. The highest BCUT2D eigenvalue weighted by Gasteiger charge is 2.21. The van der Waals surface area contributed by atoms with Crippen LogP contribution < -0.4 is 5.32 Å². The third kappa shape index (κ3) is 6.40. The van der Waals surface area contributed by atoms with Crippen molar-refractivity contribution >= 4 is 33.8 Å². The minimum Gasteiger partial charge on any atom is -0.480 e. The van der Waals surface area contributed by atoms with E-state index < -0.39 is 23.9 Å². The van der Waals surface area contributed by atoms with Gasteiger partial charge in [-0.25, -0.2) is 4.79 Å². The lowest BCUT2D eigenvalue weighted by Crippen LogP contribution is -2.41. The van der Waals surface area contributed by atoms with Gasteiger partial charge in [0.15, 0.2) is 0 Å². The van der Waals surface area contributed by atoms with Gasteiger partial charge in [0.25, 0.3) is 0 Å². The van der Waals surface area contributed by atoms with Crippen molar-refractivity contribution in [3.05, 3.63) is 34.3 Å². The standard InChI is InChI=1S/C14H16BrNO5/c1-21-13(18)7-6-11(14(19)20)16-12(17)8-9-2-4-10(15)5-3-9/h2-5,11H,6-8H2,1H3,(H,16,17)(H,19,20)/t11-/m1/s1. The number of benzene rings is 1. The number of rotatable bonds is 7. The average Bonchev–Trinajstić information content (AvgIpc) is 2.45. The SMILES string of the molecule is COC(=O)CC[C@@H](NC(=O)Cc1ccc(Br)cc1)C(=O)O. The largest absolute Gasteiger partial charge is 0.480 e. The smallest absolute Gasteiger partial charge is 0.326 e. The van der Waals surface area contributed by atoms with Crippen molar-refractivity contribution in [2.45, 2.75) is 25.3 Å². The Bertz CT molecular complexity index is 515. The highest BCUT2D eigenvalue weighted by Crippen LogP contribution is 2.11. The Morgan fingerprint density at radius 3 is 2.43 bits per heavy atom. The van der Waals surface area contributed by atoms with E-state index in [-0.39, 0.29) is 19.3 Å². The summed E-state index contributed by atoms with van der Waals surface area (Å²) < 4.78 is 5.34. The maximum absolute atomic E-state index is 11.8. The average molecular weight is 358 g/mol. The molecule has 1 rings (SSSR count). The maximum Gasteiger partial charge on any atom is 0.326 e. The molecule has 0 aromatic heterocycles. The summed E-state index contributed by atoms with van der Waals surface area (Å²) in [4.78, 5) is 33.9. The summed E-state index contributed by atoms with van der Waals surface area (Å²) in [5.41, 5.74) is 0.771. The highest BCUT2D eigenvalue weighted by atomic mass is 79.9. The molecule has 1 amide bonds. The number of carboxylic acid groups (broad SMARTS) is 1. The minimum absolute atomic E-state index is 0.00587. The van der Waals surface area contributed by atoms with Gasteiger partial charge >= 0.3 is 11.9 Å². The molecule has 0 aliphatic rings. The second-order valence-electron chi connectivity index (χ2n) is 4.38. The first kappa shape index (κ1) is 17.2. The van der Waals surface area contributed by atoms with Gasteiger partial charge in [0.2, 0.25) is 5.91 Å². The van der Waals surface area contributed by atoms with Crippen LogP contribution in [0.1, 0.15) is 18.4 Å². The zero-order valence-corrected chi connectivity index (χ0v) is 13.1. The number of halogens is 1. The Balaban J connectivity index is 2.54. The van der Waals surface area contributed by atoms with Crippen molar-refractivity contribution in [2.75, 3.05) is 7.11 Å². The third-order valence-electron chi connectivity index (χ3n) is 2.78. The molecule has 0 radical (unpaired) electrons. The summed E-state index contributed by atoms with van der Waals surface area (Å²) in [5, 5.41) is 11.4. The molecule has 0 saturated heterocycles. The van der Waals surface area contributed by atoms with Gasteiger partial charge < -0.3 is 15.2 Å². The Morgan fingerprint density at radius 2 is 1.90 bits per heavy atom. The Labute approximate surface area is 130 Å². The number of esters is 1. The molecule has 6 nitrogen and oxygen atoms in total. The molecule has 0 aliphatic heterocycles. The third-order valence-corrected chi connectivity index (χ3v) is 3.30. The second kappa shape index (κ2) is 8.41. The van der Waals surface area contributed by atoms with Crippen LogP contribution in [0.3, 0.4) is 0 Å². The molecule has 1 aromatic carbocycles. The summed E-state index contributed by atoms with van der Waals surface area (Å²) in [7, 11) is 1.23. The lowest BCUT2D eigenvalue weighted by Gasteiger charge is -2.14. The fourth-order valence-electron chi connectivity index (χ4n) is 1.65. The van der Waals surface area contributed by atoms with E-state index in [0.29, 0.717) is 0 Å². The number of amides is 1. The molecule has 0 bridgehead atoms. The molecule has 0 heterocycles. The number of methoxy groups -OCH3 is 1. The molecule has 1 aromatic rings. The van der Waals surface area contributed by atoms with Gasteiger partial charge in [-0.3, -0.25) is 9.59 Å². The van der Waals surface area contributed by atoms with Crippen LogP contribution >= 0.6 is 15.9 Å². The van der Waals surface area contributed by atoms with Crippen LogP contribution in [0.5, 0.6) is 0 Å². The highest BCUT2D eigenvalue weighted by molar-refractivity contribution is 9.10. The first-order valence-corrected chi connectivity index (χ1v) is 7.05. The number of ether oxygens (including phenoxy) is 1. The molecule has 0 spiro atoms. The lowest BCUT2D eigenvalue weighted by atomic mass is 10.1. The predicted molar refractivity (Wildman–Crippen MR) is 78.7 cm³/mol. The molecular formula is C14H16BrNO5. The van der Waals surface area contributed by atoms with Crippen LogP contribution in [-0.2, 0) is 25.5 Å². The van der Waals surface area contributed by atoms with Crippen molar-refractivity contribution in [3.63, 3.8) is 0 Å². The summed E-state index contributed by atoms with van der Waals surface area (Å²) in [6, 6.07) is 6.04. The fourth-order valence-corrected chi connectivity index (χ4v) is 1.92. The van der Waals surface area contributed by atoms with Crippen molar-refractivity contribution in [1.29, 1.82) is 0 Å². The first-order valence-electron chi connectivity index (χ1n) is 6.25. The number of carbonyl (C=O) groups excluding carboxylic acids is 2. The van der Waals surface area contributed by atoms with Crippen LogP contribution in [0, 0.1) is 0 Å². The van der Waals surface area contributed by atoms with E-state index in [1.54, 1.807) is 24.3 Å². The Morgan fingerprint density at radius 1 is 1.29 bits per heavy atom. The number of nitrogens with one attached hydrogen (secondary N) is 1. The van der Waals surface area contributed by atoms with Gasteiger partial charge in [0, 0.05) is 10.9 Å². The number of hydrogen-bond acceptors (Lipinski definition) is 4. The van der Waals surface area contributed by atoms with Gasteiger partial charge in [-0.1, -0.05) is 28.1 Å². The zero-order chi connectivity index (χ0) is 15.8. The van der Waals surface area contributed by atoms with Crippen LogP contribution in [0.2, 0.25) is 0 Å². The predicted octanol–water partition coefficient (Wildman–Crippen LogP) is 1.51. The van der Waals surface area contributed by atoms with Crippen molar-refractivity contribution in [2.24, 2.45) is 0 Å². The first-order chi connectivity index (χ1) is 9.92. The molecule has 0 saturated carbocycles. The van der Waals surface area contributed by atoms with Crippen LogP contribution in [0.4, 0.5) is 0 Å². The topological polar surface area (TPSA) is 92.7 Å². The number of hydrogen-bond donors (Lipinski definition) is 2. The molecule has 0 unspecified atom stereocenters. The summed E-state index contributed by atoms with van der Waals surface area (Å²) in [5.74, 6) is -2.10. The molecule has 2 N–H and O–H groups in total. The fraction of sp³-hybridized carbons (Fsp3) is 0.357. The van der Waals surface area contributed by atoms with Crippen molar-refractivity contribution in [1.82, 2.24) is 5.32 Å². The molecule has 1 atom stereocenters. The monoisotopic (exact) mass is 357 g/mol. The molecule has 0 aliphatic carbocycles. The molecule has 7 heteroatoms. The van der Waals surface area contributed by atoms with E-state index in [2.05, 4.69) is 26.0 Å². The van der Waals surface area contributed by atoms with E-state index >= 15 is 0 Å². The van der Waals surface area contributed by atoms with Gasteiger partial charge in [-0.2, -0.15) is 0 Å². The van der Waals surface area contributed by atoms with Crippen molar-refractivity contribution in [3.8, 4) is 0 Å². The van der Waals surface area contributed by atoms with Crippen LogP contribution in [-0.4, -0.2) is 36.1 Å². The number of carboxylic acids is 1. The van der Waals surface area contributed by atoms with E-state index in [4.69, 9.17) is 5.11 Å².